The van der Waals surface area contributed by atoms with E-state index in [1.54, 1.807) is 0 Å². The number of carbonyl (C=O) groups excluding carboxylic acids is 1. The summed E-state index contributed by atoms with van der Waals surface area (Å²) in [5, 5.41) is 17.7. The van der Waals surface area contributed by atoms with Crippen LogP contribution in [0.15, 0.2) is 35.5 Å². The highest BCUT2D eigenvalue weighted by atomic mass is 32.2. The molecule has 2 aliphatic carbocycles. The molecule has 0 radical (unpaired) electrons. The predicted molar refractivity (Wildman–Crippen MR) is 104 cm³/mol. The molecule has 0 spiro atoms. The normalized spacial score (nSPS) is 18.6. The zero-order valence-electron chi connectivity index (χ0n) is 15.2. The lowest BCUT2D eigenvalue weighted by Crippen LogP contribution is -2.49. The molecule has 2 saturated carbocycles. The summed E-state index contributed by atoms with van der Waals surface area (Å²) in [4.78, 5) is 17.1. The van der Waals surface area contributed by atoms with Crippen molar-refractivity contribution in [1.82, 2.24) is 20.1 Å². The Morgan fingerprint density at radius 2 is 2.00 bits per heavy atom. The van der Waals surface area contributed by atoms with Gasteiger partial charge in [0.05, 0.1) is 17.5 Å². The number of thioether (sulfide) groups is 1. The number of para-hydroxylation sites is 1. The number of carbonyl (C=O) groups is 1. The van der Waals surface area contributed by atoms with Crippen molar-refractivity contribution in [3.63, 3.8) is 0 Å². The molecule has 0 bridgehead atoms. The molecule has 27 heavy (non-hydrogen) atoms. The first-order chi connectivity index (χ1) is 13.2. The second-order valence-electron chi connectivity index (χ2n) is 7.37. The molecule has 0 unspecified atom stereocenters. The molecule has 1 aromatic heterocycles. The van der Waals surface area contributed by atoms with E-state index in [9.17, 15) is 10.1 Å². The molecular weight excluding hydrogens is 358 g/mol. The van der Waals surface area contributed by atoms with Crippen molar-refractivity contribution in [3.05, 3.63) is 36.2 Å². The molecule has 1 N–H and O–H groups in total. The summed E-state index contributed by atoms with van der Waals surface area (Å²) in [6, 6.07) is 12.3. The third kappa shape index (κ3) is 4.16. The van der Waals surface area contributed by atoms with Crippen LogP contribution in [-0.2, 0) is 4.79 Å². The lowest BCUT2D eigenvalue weighted by atomic mass is 9.83. The summed E-state index contributed by atoms with van der Waals surface area (Å²) < 4.78 is 1.90. The van der Waals surface area contributed by atoms with Crippen LogP contribution in [0.1, 0.15) is 56.7 Å². The Bertz CT molecular complexity index is 847. The maximum atomic E-state index is 12.4. The van der Waals surface area contributed by atoms with Gasteiger partial charge in [-0.2, -0.15) is 5.26 Å². The zero-order valence-corrected chi connectivity index (χ0v) is 16.0. The smallest absolute Gasteiger partial charge is 0.231 e. The van der Waals surface area contributed by atoms with Gasteiger partial charge in [0.25, 0.3) is 0 Å². The number of hydrogen-bond donors (Lipinski definition) is 1. The van der Waals surface area contributed by atoms with Crippen LogP contribution < -0.4 is 5.32 Å². The average Bonchev–Trinajstić information content (AvgIpc) is 3.47. The van der Waals surface area contributed by atoms with Gasteiger partial charge < -0.3 is 5.32 Å². The van der Waals surface area contributed by atoms with Crippen molar-refractivity contribution in [2.24, 2.45) is 0 Å². The van der Waals surface area contributed by atoms with Crippen LogP contribution in [0.2, 0.25) is 0 Å². The molecule has 1 amide bonds. The molecule has 7 heteroatoms. The van der Waals surface area contributed by atoms with Gasteiger partial charge >= 0.3 is 0 Å². The summed E-state index contributed by atoms with van der Waals surface area (Å²) >= 11 is 1.34. The third-order valence-corrected chi connectivity index (χ3v) is 6.03. The van der Waals surface area contributed by atoms with Crippen molar-refractivity contribution in [2.45, 2.75) is 61.6 Å². The van der Waals surface area contributed by atoms with Crippen molar-refractivity contribution in [3.8, 4) is 11.8 Å². The molecule has 140 valence electrons. The van der Waals surface area contributed by atoms with Gasteiger partial charge in [0, 0.05) is 5.92 Å². The van der Waals surface area contributed by atoms with Crippen LogP contribution in [0.25, 0.3) is 5.69 Å². The molecule has 2 fully saturated rings. The van der Waals surface area contributed by atoms with E-state index in [-0.39, 0.29) is 11.7 Å². The van der Waals surface area contributed by atoms with Crippen LogP contribution in [0.5, 0.6) is 0 Å². The van der Waals surface area contributed by atoms with Crippen molar-refractivity contribution in [1.29, 1.82) is 5.26 Å². The Labute approximate surface area is 163 Å². The van der Waals surface area contributed by atoms with Crippen molar-refractivity contribution in [2.75, 3.05) is 5.75 Å². The standard InChI is InChI=1S/C20H23N5OS/c21-14-20(11-5-2-6-12-20)23-17(26)13-27-19-22-18(15-9-10-15)25(24-19)16-7-3-1-4-8-16/h1,3-4,7-8,15H,2,5-6,9-13H2,(H,23,26). The Morgan fingerprint density at radius 1 is 1.26 bits per heavy atom. The number of nitrogens with one attached hydrogen (secondary N) is 1. The molecule has 2 aromatic rings. The maximum Gasteiger partial charge on any atom is 0.231 e. The molecule has 1 aromatic carbocycles. The largest absolute Gasteiger partial charge is 0.337 e. The molecule has 2 aliphatic rings. The molecule has 0 saturated heterocycles. The minimum Gasteiger partial charge on any atom is -0.337 e. The van der Waals surface area contributed by atoms with Gasteiger partial charge in [0.15, 0.2) is 0 Å². The summed E-state index contributed by atoms with van der Waals surface area (Å²) in [6.07, 6.45) is 6.89. The number of nitriles is 1. The summed E-state index contributed by atoms with van der Waals surface area (Å²) in [5.74, 6) is 1.55. The topological polar surface area (TPSA) is 83.6 Å². The van der Waals surface area contributed by atoms with Crippen molar-refractivity contribution < 1.29 is 4.79 Å². The van der Waals surface area contributed by atoms with Gasteiger partial charge in [-0.05, 0) is 37.8 Å². The summed E-state index contributed by atoms with van der Waals surface area (Å²) in [7, 11) is 0. The van der Waals surface area contributed by atoms with Gasteiger partial charge in [0.1, 0.15) is 11.4 Å². The SMILES string of the molecule is N#CC1(NC(=O)CSc2nc(C3CC3)n(-c3ccccc3)n2)CCCCC1. The Kier molecular flexibility index (Phi) is 5.17. The number of amides is 1. The van der Waals surface area contributed by atoms with Crippen molar-refractivity contribution >= 4 is 17.7 Å². The van der Waals surface area contributed by atoms with E-state index in [2.05, 4.69) is 21.5 Å². The molecule has 0 atom stereocenters. The van der Waals surface area contributed by atoms with Crippen LogP contribution in [-0.4, -0.2) is 32.0 Å². The van der Waals surface area contributed by atoms with Crippen LogP contribution in [0.3, 0.4) is 0 Å². The lowest BCUT2D eigenvalue weighted by molar-refractivity contribution is -0.120. The second kappa shape index (κ2) is 7.73. The van der Waals surface area contributed by atoms with E-state index in [0.29, 0.717) is 11.1 Å². The first-order valence-electron chi connectivity index (χ1n) is 9.57. The number of benzene rings is 1. The number of hydrogen-bond acceptors (Lipinski definition) is 5. The van der Waals surface area contributed by atoms with Gasteiger partial charge in [-0.3, -0.25) is 4.79 Å². The van der Waals surface area contributed by atoms with E-state index in [1.165, 1.54) is 11.8 Å². The molecule has 1 heterocycles. The highest BCUT2D eigenvalue weighted by Crippen LogP contribution is 2.40. The van der Waals surface area contributed by atoms with Gasteiger partial charge in [-0.1, -0.05) is 49.2 Å². The molecule has 4 rings (SSSR count). The molecular formula is C20H23N5OS. The quantitative estimate of drug-likeness (QED) is 0.773. The van der Waals surface area contributed by atoms with Gasteiger partial charge in [-0.25, -0.2) is 9.67 Å². The third-order valence-electron chi connectivity index (χ3n) is 5.19. The summed E-state index contributed by atoms with van der Waals surface area (Å²) in [5.41, 5.74) is 0.306. The van der Waals surface area contributed by atoms with Crippen LogP contribution >= 0.6 is 11.8 Å². The fourth-order valence-electron chi connectivity index (χ4n) is 3.58. The summed E-state index contributed by atoms with van der Waals surface area (Å²) in [6.45, 7) is 0. The molecule has 0 aliphatic heterocycles. The monoisotopic (exact) mass is 381 g/mol. The highest BCUT2D eigenvalue weighted by Gasteiger charge is 2.34. The van der Waals surface area contributed by atoms with E-state index >= 15 is 0 Å². The number of rotatable bonds is 6. The zero-order chi connectivity index (χ0) is 18.7. The van der Waals surface area contributed by atoms with Crippen LogP contribution in [0, 0.1) is 11.3 Å². The fraction of sp³-hybridized carbons (Fsp3) is 0.500. The average molecular weight is 382 g/mol. The minimum absolute atomic E-state index is 0.118. The van der Waals surface area contributed by atoms with E-state index < -0.39 is 5.54 Å². The maximum absolute atomic E-state index is 12.4. The second-order valence-corrected chi connectivity index (χ2v) is 8.31. The number of aromatic nitrogens is 3. The highest BCUT2D eigenvalue weighted by molar-refractivity contribution is 7.99. The first kappa shape index (κ1) is 18.1. The van der Waals surface area contributed by atoms with E-state index in [0.717, 1.165) is 56.5 Å². The Morgan fingerprint density at radius 3 is 2.67 bits per heavy atom. The predicted octanol–water partition coefficient (Wildman–Crippen LogP) is 3.58. The fourth-order valence-corrected chi connectivity index (χ4v) is 4.21. The number of nitrogens with zero attached hydrogens (tertiary/aromatic N) is 4. The van der Waals surface area contributed by atoms with Gasteiger partial charge in [-0.15, -0.1) is 5.10 Å². The first-order valence-corrected chi connectivity index (χ1v) is 10.6. The lowest BCUT2D eigenvalue weighted by Gasteiger charge is -2.31. The van der Waals surface area contributed by atoms with Gasteiger partial charge in [0.2, 0.25) is 11.1 Å². The van der Waals surface area contributed by atoms with E-state index in [4.69, 9.17) is 0 Å². The van der Waals surface area contributed by atoms with Crippen LogP contribution in [0.4, 0.5) is 0 Å². The Hall–Kier alpha value is -2.33. The Balaban J connectivity index is 1.43. The van der Waals surface area contributed by atoms with E-state index in [1.807, 2.05) is 35.0 Å². The minimum atomic E-state index is -0.689. The molecule has 6 nitrogen and oxygen atoms in total.